The van der Waals surface area contributed by atoms with Crippen LogP contribution in [0.25, 0.3) is 0 Å². The number of nitrogens with zero attached hydrogens (tertiary/aromatic N) is 2. The number of aryl methyl sites for hydroxylation is 1. The first-order valence-electron chi connectivity index (χ1n) is 5.36. The molecule has 0 N–H and O–H groups in total. The van der Waals surface area contributed by atoms with Crippen LogP contribution >= 0.6 is 11.8 Å². The molecule has 4 nitrogen and oxygen atoms in total. The molecule has 0 saturated carbocycles. The lowest BCUT2D eigenvalue weighted by Gasteiger charge is -2.02. The zero-order chi connectivity index (χ0) is 12.7. The van der Waals surface area contributed by atoms with E-state index < -0.39 is 0 Å². The molecule has 0 unspecified atom stereocenters. The van der Waals surface area contributed by atoms with Gasteiger partial charge in [0.15, 0.2) is 5.16 Å². The molecule has 0 spiro atoms. The van der Waals surface area contributed by atoms with Gasteiger partial charge in [0.25, 0.3) is 0 Å². The zero-order valence-corrected chi connectivity index (χ0v) is 11.1. The third-order valence-electron chi connectivity index (χ3n) is 2.13. The van der Waals surface area contributed by atoms with Crippen LogP contribution in [0, 0.1) is 6.92 Å². The first-order valence-corrected chi connectivity index (χ1v) is 6.34. The Balaban J connectivity index is 2.53. The van der Waals surface area contributed by atoms with Gasteiger partial charge < -0.3 is 4.74 Å². The Morgan fingerprint density at radius 1 is 1.47 bits per heavy atom. The van der Waals surface area contributed by atoms with E-state index in [4.69, 9.17) is 0 Å². The predicted octanol–water partition coefficient (Wildman–Crippen LogP) is 2.39. The molecule has 1 rings (SSSR count). The number of carbonyl (C=O) groups excluding carboxylic acids is 1. The summed E-state index contributed by atoms with van der Waals surface area (Å²) in [6.45, 7) is 3.87. The van der Waals surface area contributed by atoms with E-state index in [1.54, 1.807) is 12.4 Å². The molecule has 0 radical (unpaired) electrons. The van der Waals surface area contributed by atoms with Crippen molar-refractivity contribution in [2.24, 2.45) is 0 Å². The van der Waals surface area contributed by atoms with Gasteiger partial charge in [0, 0.05) is 23.7 Å². The topological polar surface area (TPSA) is 52.1 Å². The second-order valence-electron chi connectivity index (χ2n) is 3.43. The average molecular weight is 252 g/mol. The fourth-order valence-electron chi connectivity index (χ4n) is 1.18. The number of hydrogen-bond donors (Lipinski definition) is 0. The third-order valence-corrected chi connectivity index (χ3v) is 2.93. The summed E-state index contributed by atoms with van der Waals surface area (Å²) in [7, 11) is 1.39. The van der Waals surface area contributed by atoms with Crippen molar-refractivity contribution in [3.8, 4) is 0 Å². The molecular weight excluding hydrogens is 236 g/mol. The molecule has 0 bridgehead atoms. The van der Waals surface area contributed by atoms with Crippen LogP contribution in [0.3, 0.4) is 0 Å². The van der Waals surface area contributed by atoms with E-state index in [0.29, 0.717) is 22.9 Å². The largest absolute Gasteiger partial charge is 0.466 e. The Labute approximate surface area is 105 Å². The fraction of sp³-hybridized carbons (Fsp3) is 0.417. The lowest BCUT2D eigenvalue weighted by atomic mass is 10.2. The number of rotatable bonds is 5. The van der Waals surface area contributed by atoms with E-state index in [1.165, 1.54) is 18.9 Å². The highest BCUT2D eigenvalue weighted by Crippen LogP contribution is 2.14. The van der Waals surface area contributed by atoms with Gasteiger partial charge >= 0.3 is 5.97 Å². The van der Waals surface area contributed by atoms with Crippen LogP contribution in [0.5, 0.6) is 0 Å². The molecular formula is C12H16N2O2S. The summed E-state index contributed by atoms with van der Waals surface area (Å²) in [6, 6.07) is 0. The van der Waals surface area contributed by atoms with Gasteiger partial charge in [0.05, 0.1) is 7.11 Å². The van der Waals surface area contributed by atoms with Crippen LogP contribution in [0.2, 0.25) is 0 Å². The smallest absolute Gasteiger partial charge is 0.333 e. The summed E-state index contributed by atoms with van der Waals surface area (Å²) in [6.07, 6.45) is 6.09. The first-order chi connectivity index (χ1) is 8.17. The van der Waals surface area contributed by atoms with E-state index in [9.17, 15) is 4.79 Å². The molecule has 0 aliphatic heterocycles. The molecule has 0 aromatic carbocycles. The second-order valence-corrected chi connectivity index (χ2v) is 4.42. The minimum atomic E-state index is -0.266. The van der Waals surface area contributed by atoms with Gasteiger partial charge in [0.2, 0.25) is 0 Å². The quantitative estimate of drug-likeness (QED) is 0.348. The summed E-state index contributed by atoms with van der Waals surface area (Å²) in [5, 5.41) is 0.715. The van der Waals surface area contributed by atoms with Gasteiger partial charge in [-0.1, -0.05) is 24.8 Å². The molecule has 17 heavy (non-hydrogen) atoms. The van der Waals surface area contributed by atoms with Gasteiger partial charge in [-0.2, -0.15) is 0 Å². The summed E-state index contributed by atoms with van der Waals surface area (Å²) in [4.78, 5) is 19.6. The highest BCUT2D eigenvalue weighted by molar-refractivity contribution is 7.99. The van der Waals surface area contributed by atoms with Crippen molar-refractivity contribution in [2.45, 2.75) is 25.4 Å². The maximum Gasteiger partial charge on any atom is 0.333 e. The molecule has 0 amide bonds. The van der Waals surface area contributed by atoms with Crippen molar-refractivity contribution in [1.29, 1.82) is 0 Å². The monoisotopic (exact) mass is 252 g/mol. The van der Waals surface area contributed by atoms with Gasteiger partial charge in [0.1, 0.15) is 0 Å². The minimum Gasteiger partial charge on any atom is -0.466 e. The molecule has 0 aliphatic carbocycles. The highest BCUT2D eigenvalue weighted by Gasteiger charge is 2.06. The van der Waals surface area contributed by atoms with Gasteiger partial charge in [-0.15, -0.1) is 0 Å². The summed E-state index contributed by atoms with van der Waals surface area (Å²) >= 11 is 1.49. The maximum atomic E-state index is 11.3. The highest BCUT2D eigenvalue weighted by atomic mass is 32.2. The Morgan fingerprint density at radius 3 is 2.65 bits per heavy atom. The number of hydrogen-bond acceptors (Lipinski definition) is 5. The van der Waals surface area contributed by atoms with Crippen molar-refractivity contribution in [3.63, 3.8) is 0 Å². The summed E-state index contributed by atoms with van der Waals surface area (Å²) in [5.74, 6) is 0.402. The Kier molecular flexibility index (Phi) is 5.69. The van der Waals surface area contributed by atoms with Gasteiger partial charge in [-0.05, 0) is 18.9 Å². The third kappa shape index (κ3) is 4.56. The van der Waals surface area contributed by atoms with Crippen molar-refractivity contribution in [1.82, 2.24) is 9.97 Å². The Bertz CT molecular complexity index is 401. The van der Waals surface area contributed by atoms with E-state index >= 15 is 0 Å². The molecule has 1 aromatic heterocycles. The van der Waals surface area contributed by atoms with Crippen LogP contribution in [-0.4, -0.2) is 28.8 Å². The first kappa shape index (κ1) is 13.7. The summed E-state index contributed by atoms with van der Waals surface area (Å²) in [5.41, 5.74) is 1.72. The zero-order valence-electron chi connectivity index (χ0n) is 10.3. The van der Waals surface area contributed by atoms with E-state index in [2.05, 4.69) is 14.7 Å². The van der Waals surface area contributed by atoms with Crippen LogP contribution in [0.4, 0.5) is 0 Å². The lowest BCUT2D eigenvalue weighted by molar-refractivity contribution is -0.136. The van der Waals surface area contributed by atoms with Gasteiger partial charge in [-0.25, -0.2) is 14.8 Å². The van der Waals surface area contributed by atoms with Crippen molar-refractivity contribution in [3.05, 3.63) is 29.6 Å². The lowest BCUT2D eigenvalue weighted by Crippen LogP contribution is -2.04. The number of carbonyl (C=O) groups is 1. The Morgan fingerprint density at radius 2 is 2.12 bits per heavy atom. The predicted molar refractivity (Wildman–Crippen MR) is 67.9 cm³/mol. The molecule has 92 valence electrons. The fourth-order valence-corrected chi connectivity index (χ4v) is 1.86. The number of ether oxygens (including phenoxy) is 1. The van der Waals surface area contributed by atoms with Crippen molar-refractivity contribution >= 4 is 17.7 Å². The SMILES string of the molecule is CCC(=CCSc1ncc(C)cn1)C(=O)OC. The second kappa shape index (κ2) is 7.06. The van der Waals surface area contributed by atoms with E-state index in [0.717, 1.165) is 5.56 Å². The van der Waals surface area contributed by atoms with Crippen molar-refractivity contribution < 1.29 is 9.53 Å². The number of thioether (sulfide) groups is 1. The van der Waals surface area contributed by atoms with Crippen LogP contribution in [0.15, 0.2) is 29.2 Å². The molecule has 0 aliphatic rings. The molecule has 1 heterocycles. The van der Waals surface area contributed by atoms with Crippen molar-refractivity contribution in [2.75, 3.05) is 12.9 Å². The number of aromatic nitrogens is 2. The van der Waals surface area contributed by atoms with E-state index in [-0.39, 0.29) is 5.97 Å². The Hall–Kier alpha value is -1.36. The molecule has 5 heteroatoms. The molecule has 0 atom stereocenters. The normalized spacial score (nSPS) is 11.4. The van der Waals surface area contributed by atoms with Crippen LogP contribution in [-0.2, 0) is 9.53 Å². The standard InChI is InChI=1S/C12H16N2O2S/c1-4-10(11(15)16-3)5-6-17-12-13-7-9(2)8-14-12/h5,7-8H,4,6H2,1-3H3. The molecule has 1 aromatic rings. The molecule has 0 saturated heterocycles. The van der Waals surface area contributed by atoms with E-state index in [1.807, 2.05) is 19.9 Å². The summed E-state index contributed by atoms with van der Waals surface area (Å²) < 4.78 is 4.67. The average Bonchev–Trinajstić information content (AvgIpc) is 2.36. The number of esters is 1. The van der Waals surface area contributed by atoms with Crippen LogP contribution < -0.4 is 0 Å². The number of methoxy groups -OCH3 is 1. The van der Waals surface area contributed by atoms with Gasteiger partial charge in [-0.3, -0.25) is 0 Å². The molecule has 0 fully saturated rings. The maximum absolute atomic E-state index is 11.3. The minimum absolute atomic E-state index is 0.266. The van der Waals surface area contributed by atoms with Crippen LogP contribution in [0.1, 0.15) is 18.9 Å².